The molecule has 0 aliphatic heterocycles. The number of rotatable bonds is 7. The molecule has 23 heavy (non-hydrogen) atoms. The molecule has 6 heteroatoms. The highest BCUT2D eigenvalue weighted by Gasteiger charge is 2.22. The van der Waals surface area contributed by atoms with Crippen LogP contribution < -0.4 is 16.4 Å². The summed E-state index contributed by atoms with van der Waals surface area (Å²) >= 11 is 1.66. The van der Waals surface area contributed by atoms with Gasteiger partial charge in [-0.25, -0.2) is 0 Å². The van der Waals surface area contributed by atoms with Crippen LogP contribution >= 0.6 is 11.3 Å². The Hall–Kier alpha value is -2.34. The largest absolute Gasteiger partial charge is 0.381 e. The van der Waals surface area contributed by atoms with E-state index < -0.39 is 11.9 Å². The average Bonchev–Trinajstić information content (AvgIpc) is 3.03. The van der Waals surface area contributed by atoms with Gasteiger partial charge in [0.25, 0.3) is 5.91 Å². The average molecular weight is 331 g/mol. The number of nitrogens with two attached hydrogens (primary N) is 1. The Labute approximate surface area is 139 Å². The number of carbonyl (C=O) groups excluding carboxylic acids is 2. The Kier molecular flexibility index (Phi) is 5.76. The second kappa shape index (κ2) is 7.78. The number of benzene rings is 1. The van der Waals surface area contributed by atoms with E-state index in [2.05, 4.69) is 22.1 Å². The molecule has 1 unspecified atom stereocenters. The van der Waals surface area contributed by atoms with Crippen LogP contribution in [0.4, 0.5) is 5.69 Å². The number of carbonyl (C=O) groups is 2. The summed E-state index contributed by atoms with van der Waals surface area (Å²) in [5, 5.41) is 10.1. The molecule has 122 valence electrons. The van der Waals surface area contributed by atoms with E-state index in [0.29, 0.717) is 5.56 Å². The summed E-state index contributed by atoms with van der Waals surface area (Å²) in [5.41, 5.74) is 7.96. The zero-order valence-electron chi connectivity index (χ0n) is 13.2. The lowest BCUT2D eigenvalue weighted by Crippen LogP contribution is -2.47. The maximum absolute atomic E-state index is 12.2. The zero-order chi connectivity index (χ0) is 16.8. The van der Waals surface area contributed by atoms with Crippen LogP contribution in [0.3, 0.4) is 0 Å². The van der Waals surface area contributed by atoms with E-state index >= 15 is 0 Å². The van der Waals surface area contributed by atoms with Crippen molar-refractivity contribution in [1.82, 2.24) is 5.32 Å². The first-order chi connectivity index (χ1) is 11.0. The van der Waals surface area contributed by atoms with Gasteiger partial charge in [0, 0.05) is 17.8 Å². The Morgan fingerprint density at radius 1 is 1.17 bits per heavy atom. The zero-order valence-corrected chi connectivity index (χ0v) is 14.0. The van der Waals surface area contributed by atoms with E-state index in [-0.39, 0.29) is 11.8 Å². The Morgan fingerprint density at radius 2 is 1.87 bits per heavy atom. The third kappa shape index (κ3) is 4.82. The van der Waals surface area contributed by atoms with Gasteiger partial charge in [-0.2, -0.15) is 11.3 Å². The minimum Gasteiger partial charge on any atom is -0.381 e. The molecular formula is C17H21N3O2S. The molecule has 0 bridgehead atoms. The molecule has 1 atom stereocenters. The molecule has 0 radical (unpaired) electrons. The molecule has 0 fully saturated rings. The van der Waals surface area contributed by atoms with E-state index in [9.17, 15) is 9.59 Å². The number of hydrogen-bond donors (Lipinski definition) is 3. The van der Waals surface area contributed by atoms with E-state index in [1.54, 1.807) is 23.5 Å². The summed E-state index contributed by atoms with van der Waals surface area (Å²) in [6, 6.07) is 8.54. The molecule has 0 aliphatic carbocycles. The molecule has 0 saturated carbocycles. The minimum atomic E-state index is -0.668. The van der Waals surface area contributed by atoms with Crippen molar-refractivity contribution in [2.45, 2.75) is 26.4 Å². The van der Waals surface area contributed by atoms with E-state index in [0.717, 1.165) is 12.2 Å². The SMILES string of the molecule is CC(C)C(NC(=O)c1ccc(NCc2ccsc2)cc1)C(N)=O. The summed E-state index contributed by atoms with van der Waals surface area (Å²) in [5.74, 6) is -0.878. The van der Waals surface area contributed by atoms with Gasteiger partial charge in [-0.1, -0.05) is 13.8 Å². The summed E-state index contributed by atoms with van der Waals surface area (Å²) < 4.78 is 0. The number of thiophene rings is 1. The van der Waals surface area contributed by atoms with Crippen LogP contribution in [0.1, 0.15) is 29.8 Å². The van der Waals surface area contributed by atoms with Gasteiger partial charge in [0.2, 0.25) is 5.91 Å². The smallest absolute Gasteiger partial charge is 0.251 e. The summed E-state index contributed by atoms with van der Waals surface area (Å²) in [4.78, 5) is 23.5. The first-order valence-electron chi connectivity index (χ1n) is 7.42. The Bertz CT molecular complexity index is 651. The van der Waals surface area contributed by atoms with Crippen molar-refractivity contribution in [1.29, 1.82) is 0 Å². The normalized spacial score (nSPS) is 12.0. The van der Waals surface area contributed by atoms with Crippen LogP contribution in [-0.4, -0.2) is 17.9 Å². The fraction of sp³-hybridized carbons (Fsp3) is 0.294. The van der Waals surface area contributed by atoms with E-state index in [1.165, 1.54) is 5.56 Å². The van der Waals surface area contributed by atoms with Crippen molar-refractivity contribution in [2.24, 2.45) is 11.7 Å². The lowest BCUT2D eigenvalue weighted by Gasteiger charge is -2.19. The van der Waals surface area contributed by atoms with Crippen molar-refractivity contribution < 1.29 is 9.59 Å². The van der Waals surface area contributed by atoms with Gasteiger partial charge in [-0.05, 0) is 52.6 Å². The lowest BCUT2D eigenvalue weighted by atomic mass is 10.0. The highest BCUT2D eigenvalue weighted by atomic mass is 32.1. The monoisotopic (exact) mass is 331 g/mol. The van der Waals surface area contributed by atoms with Gasteiger partial charge >= 0.3 is 0 Å². The third-order valence-electron chi connectivity index (χ3n) is 3.48. The summed E-state index contributed by atoms with van der Waals surface area (Å²) in [6.45, 7) is 4.42. The molecule has 0 saturated heterocycles. The predicted molar refractivity (Wildman–Crippen MR) is 93.4 cm³/mol. The molecule has 2 amide bonds. The first-order valence-corrected chi connectivity index (χ1v) is 8.37. The Morgan fingerprint density at radius 3 is 2.39 bits per heavy atom. The summed E-state index contributed by atoms with van der Waals surface area (Å²) in [6.07, 6.45) is 0. The highest BCUT2D eigenvalue weighted by Crippen LogP contribution is 2.13. The Balaban J connectivity index is 1.95. The quantitative estimate of drug-likeness (QED) is 0.729. The first kappa shape index (κ1) is 17.0. The maximum Gasteiger partial charge on any atom is 0.251 e. The van der Waals surface area contributed by atoms with Gasteiger partial charge in [0.15, 0.2) is 0 Å². The van der Waals surface area contributed by atoms with Crippen molar-refractivity contribution in [3.05, 3.63) is 52.2 Å². The van der Waals surface area contributed by atoms with Crippen LogP contribution in [-0.2, 0) is 11.3 Å². The number of anilines is 1. The molecule has 5 nitrogen and oxygen atoms in total. The molecule has 1 aromatic carbocycles. The number of primary amides is 1. The second-order valence-electron chi connectivity index (χ2n) is 5.66. The van der Waals surface area contributed by atoms with Gasteiger partial charge in [0.05, 0.1) is 0 Å². The third-order valence-corrected chi connectivity index (χ3v) is 4.22. The number of nitrogens with one attached hydrogen (secondary N) is 2. The van der Waals surface area contributed by atoms with Crippen LogP contribution in [0.2, 0.25) is 0 Å². The molecule has 1 aromatic heterocycles. The molecule has 2 rings (SSSR count). The van der Waals surface area contributed by atoms with Crippen LogP contribution in [0.15, 0.2) is 41.1 Å². The van der Waals surface area contributed by atoms with Gasteiger partial charge in [0.1, 0.15) is 6.04 Å². The predicted octanol–water partition coefficient (Wildman–Crippen LogP) is 2.60. The van der Waals surface area contributed by atoms with Gasteiger partial charge in [-0.3, -0.25) is 9.59 Å². The van der Waals surface area contributed by atoms with Crippen molar-refractivity contribution >= 4 is 28.8 Å². The van der Waals surface area contributed by atoms with E-state index in [1.807, 2.05) is 31.4 Å². The lowest BCUT2D eigenvalue weighted by molar-refractivity contribution is -0.120. The van der Waals surface area contributed by atoms with Crippen molar-refractivity contribution in [3.63, 3.8) is 0 Å². The molecule has 4 N–H and O–H groups in total. The standard InChI is InChI=1S/C17H21N3O2S/c1-11(2)15(16(18)21)20-17(22)13-3-5-14(6-4-13)19-9-12-7-8-23-10-12/h3-8,10-11,15,19H,9H2,1-2H3,(H2,18,21)(H,20,22). The molecule has 1 heterocycles. The maximum atomic E-state index is 12.2. The van der Waals surface area contributed by atoms with Gasteiger partial charge in [-0.15, -0.1) is 0 Å². The number of amides is 2. The van der Waals surface area contributed by atoms with Crippen molar-refractivity contribution in [3.8, 4) is 0 Å². The second-order valence-corrected chi connectivity index (χ2v) is 6.44. The van der Waals surface area contributed by atoms with Crippen LogP contribution in [0.5, 0.6) is 0 Å². The number of hydrogen-bond acceptors (Lipinski definition) is 4. The fourth-order valence-corrected chi connectivity index (χ4v) is 2.80. The van der Waals surface area contributed by atoms with Gasteiger partial charge < -0.3 is 16.4 Å². The fourth-order valence-electron chi connectivity index (χ4n) is 2.13. The molecule has 2 aromatic rings. The van der Waals surface area contributed by atoms with Crippen LogP contribution in [0.25, 0.3) is 0 Å². The summed E-state index contributed by atoms with van der Waals surface area (Å²) in [7, 11) is 0. The van der Waals surface area contributed by atoms with Crippen LogP contribution in [0, 0.1) is 5.92 Å². The minimum absolute atomic E-state index is 0.0528. The van der Waals surface area contributed by atoms with E-state index in [4.69, 9.17) is 5.73 Å². The molecule has 0 aliphatic rings. The van der Waals surface area contributed by atoms with Crippen molar-refractivity contribution in [2.75, 3.05) is 5.32 Å². The molecule has 0 spiro atoms. The topological polar surface area (TPSA) is 84.2 Å². The molecular weight excluding hydrogens is 310 g/mol. The highest BCUT2D eigenvalue weighted by molar-refractivity contribution is 7.07.